The smallest absolute Gasteiger partial charge is 0.307 e. The van der Waals surface area contributed by atoms with Crippen molar-refractivity contribution in [2.45, 2.75) is 50.7 Å². The summed E-state index contributed by atoms with van der Waals surface area (Å²) in [5.74, 6) is -0.0884. The van der Waals surface area contributed by atoms with Crippen LogP contribution < -0.4 is 0 Å². The predicted molar refractivity (Wildman–Crippen MR) is 98.4 cm³/mol. The minimum Gasteiger partial charge on any atom is -0.458 e. The molecule has 1 saturated heterocycles. The van der Waals surface area contributed by atoms with Crippen LogP contribution in [0.25, 0.3) is 11.3 Å². The monoisotopic (exact) mass is 368 g/mol. The van der Waals surface area contributed by atoms with Crippen molar-refractivity contribution in [1.29, 1.82) is 0 Å². The van der Waals surface area contributed by atoms with Crippen molar-refractivity contribution in [1.82, 2.24) is 10.1 Å². The van der Waals surface area contributed by atoms with Gasteiger partial charge in [-0.1, -0.05) is 41.9 Å². The van der Waals surface area contributed by atoms with Crippen LogP contribution in [-0.4, -0.2) is 34.6 Å². The summed E-state index contributed by atoms with van der Waals surface area (Å²) in [5, 5.41) is 4.10. The number of amides is 1. The van der Waals surface area contributed by atoms with E-state index in [2.05, 4.69) is 5.16 Å². The zero-order valence-electron chi connectivity index (χ0n) is 15.5. The number of nitrogens with zero attached hydrogens (tertiary/aromatic N) is 2. The van der Waals surface area contributed by atoms with Crippen molar-refractivity contribution in [2.75, 3.05) is 7.05 Å². The zero-order valence-corrected chi connectivity index (χ0v) is 15.5. The molecule has 142 valence electrons. The summed E-state index contributed by atoms with van der Waals surface area (Å²) in [4.78, 5) is 26.7. The van der Waals surface area contributed by atoms with Gasteiger partial charge in [0.05, 0.1) is 18.9 Å². The fourth-order valence-corrected chi connectivity index (χ4v) is 4.32. The van der Waals surface area contributed by atoms with Crippen molar-refractivity contribution < 1.29 is 18.8 Å². The van der Waals surface area contributed by atoms with Crippen LogP contribution in [0, 0.1) is 5.92 Å². The fraction of sp³-hybridized carbons (Fsp3) is 0.476. The Morgan fingerprint density at radius 3 is 2.70 bits per heavy atom. The molecule has 27 heavy (non-hydrogen) atoms. The third kappa shape index (κ3) is 3.48. The molecule has 1 aliphatic heterocycles. The molecular formula is C21H24N2O4. The minimum absolute atomic E-state index is 0.0552. The SMILES string of the molecule is CN(Cc1cc(-c2ccccc2)no1)C(=O)[C@H]1CC(=O)OC12CCCCC2. The van der Waals surface area contributed by atoms with Crippen molar-refractivity contribution in [3.05, 3.63) is 42.2 Å². The first-order chi connectivity index (χ1) is 13.1. The van der Waals surface area contributed by atoms with Crippen LogP contribution >= 0.6 is 0 Å². The quantitative estimate of drug-likeness (QED) is 0.772. The van der Waals surface area contributed by atoms with Crippen LogP contribution in [0.5, 0.6) is 0 Å². The van der Waals surface area contributed by atoms with E-state index in [1.54, 1.807) is 11.9 Å². The number of aromatic nitrogens is 1. The molecule has 0 radical (unpaired) electrons. The Morgan fingerprint density at radius 2 is 1.96 bits per heavy atom. The Hall–Kier alpha value is -2.63. The van der Waals surface area contributed by atoms with E-state index < -0.39 is 11.5 Å². The van der Waals surface area contributed by atoms with Crippen LogP contribution in [-0.2, 0) is 20.9 Å². The lowest BCUT2D eigenvalue weighted by molar-refractivity contribution is -0.155. The van der Waals surface area contributed by atoms with Crippen molar-refractivity contribution in [3.8, 4) is 11.3 Å². The Morgan fingerprint density at radius 1 is 1.22 bits per heavy atom. The maximum atomic E-state index is 13.1. The zero-order chi connectivity index (χ0) is 18.9. The molecule has 2 aliphatic rings. The molecule has 2 fully saturated rings. The van der Waals surface area contributed by atoms with E-state index in [4.69, 9.17) is 9.26 Å². The lowest BCUT2D eigenvalue weighted by Gasteiger charge is -2.37. The van der Waals surface area contributed by atoms with Gasteiger partial charge in [-0.3, -0.25) is 9.59 Å². The molecule has 1 saturated carbocycles. The second kappa shape index (κ2) is 7.18. The topological polar surface area (TPSA) is 72.6 Å². The Bertz CT molecular complexity index is 824. The third-order valence-electron chi connectivity index (χ3n) is 5.72. The lowest BCUT2D eigenvalue weighted by Crippen LogP contribution is -2.46. The van der Waals surface area contributed by atoms with Gasteiger partial charge in [-0.25, -0.2) is 0 Å². The van der Waals surface area contributed by atoms with Gasteiger partial charge in [0.15, 0.2) is 5.76 Å². The van der Waals surface area contributed by atoms with Crippen molar-refractivity contribution >= 4 is 11.9 Å². The number of rotatable bonds is 4. The number of hydrogen-bond acceptors (Lipinski definition) is 5. The summed E-state index contributed by atoms with van der Waals surface area (Å²) in [6.45, 7) is 0.319. The molecule has 1 aliphatic carbocycles. The molecule has 6 nitrogen and oxygen atoms in total. The van der Waals surface area contributed by atoms with E-state index in [-0.39, 0.29) is 18.3 Å². The molecule has 2 heterocycles. The highest BCUT2D eigenvalue weighted by molar-refractivity contribution is 5.87. The molecule has 1 aromatic heterocycles. The average molecular weight is 368 g/mol. The number of ether oxygens (including phenoxy) is 1. The van der Waals surface area contributed by atoms with Crippen LogP contribution in [0.4, 0.5) is 0 Å². The summed E-state index contributed by atoms with van der Waals surface area (Å²) < 4.78 is 11.1. The van der Waals surface area contributed by atoms with Crippen LogP contribution in [0.2, 0.25) is 0 Å². The summed E-state index contributed by atoms with van der Waals surface area (Å²) >= 11 is 0. The van der Waals surface area contributed by atoms with Crippen molar-refractivity contribution in [2.24, 2.45) is 5.92 Å². The second-order valence-electron chi connectivity index (χ2n) is 7.60. The molecule has 6 heteroatoms. The molecule has 1 amide bonds. The number of carbonyl (C=O) groups excluding carboxylic acids is 2. The molecular weight excluding hydrogens is 344 g/mol. The van der Waals surface area contributed by atoms with Gasteiger partial charge in [0.2, 0.25) is 5.91 Å². The molecule has 1 aromatic carbocycles. The lowest BCUT2D eigenvalue weighted by atomic mass is 9.75. The number of hydrogen-bond donors (Lipinski definition) is 0. The van der Waals surface area contributed by atoms with Gasteiger partial charge in [0, 0.05) is 18.7 Å². The fourth-order valence-electron chi connectivity index (χ4n) is 4.32. The largest absolute Gasteiger partial charge is 0.458 e. The van der Waals surface area contributed by atoms with Crippen LogP contribution in [0.1, 0.15) is 44.3 Å². The van der Waals surface area contributed by atoms with Gasteiger partial charge < -0.3 is 14.2 Å². The molecule has 0 bridgehead atoms. The molecule has 0 unspecified atom stereocenters. The highest BCUT2D eigenvalue weighted by atomic mass is 16.6. The maximum Gasteiger partial charge on any atom is 0.307 e. The Labute approximate surface area is 158 Å². The number of esters is 1. The Kier molecular flexibility index (Phi) is 4.72. The molecule has 2 aromatic rings. The molecule has 4 rings (SSSR count). The summed E-state index contributed by atoms with van der Waals surface area (Å²) in [6.07, 6.45) is 4.88. The summed E-state index contributed by atoms with van der Waals surface area (Å²) in [7, 11) is 1.74. The van der Waals surface area contributed by atoms with E-state index in [0.717, 1.165) is 43.4 Å². The van der Waals surface area contributed by atoms with Crippen LogP contribution in [0.15, 0.2) is 40.9 Å². The number of benzene rings is 1. The van der Waals surface area contributed by atoms with Crippen LogP contribution in [0.3, 0.4) is 0 Å². The number of carbonyl (C=O) groups is 2. The van der Waals surface area contributed by atoms with Gasteiger partial charge in [0.1, 0.15) is 11.3 Å². The van der Waals surface area contributed by atoms with E-state index in [1.807, 2.05) is 36.4 Å². The molecule has 1 spiro atoms. The first-order valence-corrected chi connectivity index (χ1v) is 9.55. The first kappa shape index (κ1) is 17.8. The predicted octanol–water partition coefficient (Wildman–Crippen LogP) is 3.57. The first-order valence-electron chi connectivity index (χ1n) is 9.55. The summed E-state index contributed by atoms with van der Waals surface area (Å²) in [5.41, 5.74) is 1.11. The maximum absolute atomic E-state index is 13.1. The van der Waals surface area contributed by atoms with Crippen molar-refractivity contribution in [3.63, 3.8) is 0 Å². The molecule has 1 atom stereocenters. The van der Waals surface area contributed by atoms with Gasteiger partial charge in [0.25, 0.3) is 0 Å². The van der Waals surface area contributed by atoms with Gasteiger partial charge in [-0.05, 0) is 25.7 Å². The Balaban J connectivity index is 1.46. The molecule has 0 N–H and O–H groups in total. The average Bonchev–Trinajstić information content (AvgIpc) is 3.27. The minimum atomic E-state index is -0.600. The van der Waals surface area contributed by atoms with E-state index >= 15 is 0 Å². The second-order valence-corrected chi connectivity index (χ2v) is 7.60. The highest BCUT2D eigenvalue weighted by Gasteiger charge is 2.53. The van der Waals surface area contributed by atoms with Gasteiger partial charge in [-0.2, -0.15) is 0 Å². The summed E-state index contributed by atoms with van der Waals surface area (Å²) in [6, 6.07) is 11.6. The van der Waals surface area contributed by atoms with E-state index in [0.29, 0.717) is 12.3 Å². The highest BCUT2D eigenvalue weighted by Crippen LogP contribution is 2.44. The normalized spacial score (nSPS) is 21.2. The van der Waals surface area contributed by atoms with E-state index in [9.17, 15) is 9.59 Å². The van der Waals surface area contributed by atoms with E-state index in [1.165, 1.54) is 0 Å². The van der Waals surface area contributed by atoms with Gasteiger partial charge in [-0.15, -0.1) is 0 Å². The van der Waals surface area contributed by atoms with Gasteiger partial charge >= 0.3 is 5.97 Å². The third-order valence-corrected chi connectivity index (χ3v) is 5.72. The standard InChI is InChI=1S/C21H24N2O4/c1-23(14-16-12-18(22-27-16)15-8-4-2-5-9-15)20(25)17-13-19(24)26-21(17)10-6-3-7-11-21/h2,4-5,8-9,12,17H,3,6-7,10-11,13-14H2,1H3/t17-/m1/s1.